The predicted octanol–water partition coefficient (Wildman–Crippen LogP) is 4.55. The van der Waals surface area contributed by atoms with Crippen LogP contribution in [0.1, 0.15) is 11.1 Å². The molecule has 0 saturated heterocycles. The topological polar surface area (TPSA) is 67.9 Å². The number of hydrogen-bond acceptors (Lipinski definition) is 5. The summed E-state index contributed by atoms with van der Waals surface area (Å²) in [6.07, 6.45) is 0. The lowest BCUT2D eigenvalue weighted by molar-refractivity contribution is -0.120. The van der Waals surface area contributed by atoms with E-state index in [1.54, 1.807) is 43.5 Å². The fourth-order valence-corrected chi connectivity index (χ4v) is 3.57. The maximum Gasteiger partial charge on any atom is 0.282 e. The third-order valence-electron chi connectivity index (χ3n) is 5.13. The summed E-state index contributed by atoms with van der Waals surface area (Å²) in [5.74, 6) is -0.533. The summed E-state index contributed by atoms with van der Waals surface area (Å²) in [5.41, 5.74) is 2.41. The molecule has 0 atom stereocenters. The van der Waals surface area contributed by atoms with Crippen LogP contribution in [0.25, 0.3) is 5.57 Å². The van der Waals surface area contributed by atoms with Crippen LogP contribution >= 0.6 is 0 Å². The molecule has 0 saturated carbocycles. The SMILES string of the molecule is COc1cccc(NC2=C(c3ccc(F)cc3)C(=O)N(c3cc(C)ccc3OC)C2=O)c1. The molecule has 4 rings (SSSR count). The van der Waals surface area contributed by atoms with E-state index in [2.05, 4.69) is 5.32 Å². The van der Waals surface area contributed by atoms with Gasteiger partial charge in [0.1, 0.15) is 23.0 Å². The summed E-state index contributed by atoms with van der Waals surface area (Å²) < 4.78 is 24.2. The second kappa shape index (κ2) is 8.55. The van der Waals surface area contributed by atoms with Crippen LogP contribution in [0.4, 0.5) is 15.8 Å². The zero-order valence-corrected chi connectivity index (χ0v) is 17.8. The van der Waals surface area contributed by atoms with Crippen LogP contribution in [0.15, 0.2) is 72.4 Å². The van der Waals surface area contributed by atoms with Gasteiger partial charge in [0.05, 0.1) is 25.5 Å². The number of hydrogen-bond donors (Lipinski definition) is 1. The Hall–Kier alpha value is -4.13. The van der Waals surface area contributed by atoms with Crippen molar-refractivity contribution in [3.63, 3.8) is 0 Å². The molecule has 162 valence electrons. The molecule has 0 radical (unpaired) electrons. The zero-order chi connectivity index (χ0) is 22.8. The number of imide groups is 1. The first-order valence-corrected chi connectivity index (χ1v) is 9.87. The monoisotopic (exact) mass is 432 g/mol. The highest BCUT2D eigenvalue weighted by Crippen LogP contribution is 2.38. The molecule has 0 aliphatic carbocycles. The van der Waals surface area contributed by atoms with Gasteiger partial charge in [-0.3, -0.25) is 9.59 Å². The summed E-state index contributed by atoms with van der Waals surface area (Å²) in [4.78, 5) is 28.1. The van der Waals surface area contributed by atoms with Crippen molar-refractivity contribution in [2.24, 2.45) is 0 Å². The van der Waals surface area contributed by atoms with E-state index >= 15 is 0 Å². The largest absolute Gasteiger partial charge is 0.497 e. The van der Waals surface area contributed by atoms with Crippen molar-refractivity contribution in [3.05, 3.63) is 89.4 Å². The fraction of sp³-hybridized carbons (Fsp3) is 0.120. The average molecular weight is 432 g/mol. The van der Waals surface area contributed by atoms with Crippen molar-refractivity contribution in [2.75, 3.05) is 24.4 Å². The van der Waals surface area contributed by atoms with E-state index in [0.717, 1.165) is 10.5 Å². The number of halogens is 1. The molecule has 0 aromatic heterocycles. The van der Waals surface area contributed by atoms with Crippen LogP contribution in [0.2, 0.25) is 0 Å². The summed E-state index contributed by atoms with van der Waals surface area (Å²) in [7, 11) is 3.02. The van der Waals surface area contributed by atoms with Crippen LogP contribution in [0.5, 0.6) is 11.5 Å². The van der Waals surface area contributed by atoms with Gasteiger partial charge in [-0.2, -0.15) is 0 Å². The maximum absolute atomic E-state index is 13.5. The molecule has 0 unspecified atom stereocenters. The van der Waals surface area contributed by atoms with E-state index in [9.17, 15) is 14.0 Å². The molecule has 0 spiro atoms. The van der Waals surface area contributed by atoms with Crippen molar-refractivity contribution in [1.82, 2.24) is 0 Å². The van der Waals surface area contributed by atoms with E-state index in [-0.39, 0.29) is 11.3 Å². The lowest BCUT2D eigenvalue weighted by Crippen LogP contribution is -2.32. The van der Waals surface area contributed by atoms with Crippen LogP contribution < -0.4 is 19.7 Å². The van der Waals surface area contributed by atoms with Gasteiger partial charge in [-0.05, 0) is 54.4 Å². The Labute approximate surface area is 184 Å². The number of rotatable bonds is 6. The van der Waals surface area contributed by atoms with Gasteiger partial charge in [0.2, 0.25) is 0 Å². The molecule has 0 bridgehead atoms. The summed E-state index contributed by atoms with van der Waals surface area (Å²) in [6, 6.07) is 17.7. The number of carbonyl (C=O) groups is 2. The van der Waals surface area contributed by atoms with E-state index in [1.807, 2.05) is 13.0 Å². The second-order valence-corrected chi connectivity index (χ2v) is 7.23. The molecule has 1 aliphatic rings. The van der Waals surface area contributed by atoms with Crippen molar-refractivity contribution in [1.29, 1.82) is 0 Å². The number of carbonyl (C=O) groups excluding carboxylic acids is 2. The van der Waals surface area contributed by atoms with Gasteiger partial charge in [-0.25, -0.2) is 9.29 Å². The number of benzene rings is 3. The van der Waals surface area contributed by atoms with Crippen molar-refractivity contribution < 1.29 is 23.5 Å². The van der Waals surface area contributed by atoms with Crippen LogP contribution in [-0.4, -0.2) is 26.0 Å². The van der Waals surface area contributed by atoms with Crippen LogP contribution in [0, 0.1) is 12.7 Å². The molecule has 6 nitrogen and oxygen atoms in total. The minimum absolute atomic E-state index is 0.0819. The van der Waals surface area contributed by atoms with Gasteiger partial charge in [-0.1, -0.05) is 24.3 Å². The Morgan fingerprint density at radius 2 is 1.62 bits per heavy atom. The quantitative estimate of drug-likeness (QED) is 0.579. The van der Waals surface area contributed by atoms with E-state index in [1.165, 1.54) is 31.4 Å². The highest BCUT2D eigenvalue weighted by atomic mass is 19.1. The normalized spacial score (nSPS) is 13.6. The maximum atomic E-state index is 13.5. The van der Waals surface area contributed by atoms with Gasteiger partial charge < -0.3 is 14.8 Å². The third-order valence-corrected chi connectivity index (χ3v) is 5.13. The lowest BCUT2D eigenvalue weighted by atomic mass is 10.0. The Morgan fingerprint density at radius 1 is 0.875 bits per heavy atom. The smallest absolute Gasteiger partial charge is 0.282 e. The van der Waals surface area contributed by atoms with Gasteiger partial charge in [0.15, 0.2) is 0 Å². The molecule has 2 amide bonds. The number of anilines is 2. The molecule has 0 fully saturated rings. The Bertz CT molecular complexity index is 1230. The molecule has 1 heterocycles. The summed E-state index contributed by atoms with van der Waals surface area (Å²) in [6.45, 7) is 1.86. The Kier molecular flexibility index (Phi) is 5.64. The van der Waals surface area contributed by atoms with Gasteiger partial charge in [0.25, 0.3) is 11.8 Å². The molecular weight excluding hydrogens is 411 g/mol. The molecule has 7 heteroatoms. The van der Waals surface area contributed by atoms with Crippen LogP contribution in [-0.2, 0) is 9.59 Å². The fourth-order valence-electron chi connectivity index (χ4n) is 3.57. The Morgan fingerprint density at radius 3 is 2.31 bits per heavy atom. The van der Waals surface area contributed by atoms with E-state index in [4.69, 9.17) is 9.47 Å². The van der Waals surface area contributed by atoms with Crippen LogP contribution in [0.3, 0.4) is 0 Å². The van der Waals surface area contributed by atoms with E-state index < -0.39 is 17.6 Å². The Balaban J connectivity index is 1.85. The molecule has 1 aliphatic heterocycles. The molecule has 32 heavy (non-hydrogen) atoms. The number of ether oxygens (including phenoxy) is 2. The van der Waals surface area contributed by atoms with E-state index in [0.29, 0.717) is 28.4 Å². The second-order valence-electron chi connectivity index (χ2n) is 7.23. The first kappa shape index (κ1) is 21.1. The number of nitrogens with zero attached hydrogens (tertiary/aromatic N) is 1. The van der Waals surface area contributed by atoms with Crippen molar-refractivity contribution >= 4 is 28.8 Å². The zero-order valence-electron chi connectivity index (χ0n) is 17.8. The van der Waals surface area contributed by atoms with Gasteiger partial charge in [0, 0.05) is 11.8 Å². The number of aryl methyl sites for hydroxylation is 1. The summed E-state index contributed by atoms with van der Waals surface area (Å²) in [5, 5.41) is 3.06. The summed E-state index contributed by atoms with van der Waals surface area (Å²) >= 11 is 0. The lowest BCUT2D eigenvalue weighted by Gasteiger charge is -2.19. The van der Waals surface area contributed by atoms with Gasteiger partial charge >= 0.3 is 0 Å². The van der Waals surface area contributed by atoms with Crippen molar-refractivity contribution in [2.45, 2.75) is 6.92 Å². The molecular formula is C25H21FN2O4. The highest BCUT2D eigenvalue weighted by molar-refractivity contribution is 6.46. The predicted molar refractivity (Wildman–Crippen MR) is 120 cm³/mol. The van der Waals surface area contributed by atoms with Crippen molar-refractivity contribution in [3.8, 4) is 11.5 Å². The number of methoxy groups -OCH3 is 2. The standard InChI is InChI=1S/C25H21FN2O4/c1-15-7-12-21(32-3)20(13-15)28-24(29)22(16-8-10-17(26)11-9-16)23(25(28)30)27-18-5-4-6-19(14-18)31-2/h4-14,27H,1-3H3. The average Bonchev–Trinajstić information content (AvgIpc) is 3.03. The highest BCUT2D eigenvalue weighted by Gasteiger charge is 2.41. The number of nitrogens with one attached hydrogen (secondary N) is 1. The first-order chi connectivity index (χ1) is 15.4. The molecule has 3 aromatic rings. The molecule has 1 N–H and O–H groups in total. The van der Waals surface area contributed by atoms with Gasteiger partial charge in [-0.15, -0.1) is 0 Å². The molecule has 3 aromatic carbocycles. The minimum atomic E-state index is -0.541. The first-order valence-electron chi connectivity index (χ1n) is 9.87. The minimum Gasteiger partial charge on any atom is -0.497 e. The number of amides is 2. The third kappa shape index (κ3) is 3.80.